The molecule has 0 aliphatic carbocycles. The van der Waals surface area contributed by atoms with Crippen LogP contribution in [0, 0.1) is 5.41 Å². The van der Waals surface area contributed by atoms with Crippen molar-refractivity contribution < 1.29 is 0 Å². The van der Waals surface area contributed by atoms with Crippen molar-refractivity contribution in [1.82, 2.24) is 9.55 Å². The Labute approximate surface area is 91.5 Å². The molecular weight excluding hydrogens is 188 g/mol. The van der Waals surface area contributed by atoms with Gasteiger partial charge in [-0.3, -0.25) is 4.57 Å². The first kappa shape index (κ1) is 12.1. The van der Waals surface area contributed by atoms with Gasteiger partial charge in [0.2, 0.25) is 0 Å². The maximum Gasteiger partial charge on any atom is 0.325 e. The van der Waals surface area contributed by atoms with E-state index in [1.54, 1.807) is 4.57 Å². The number of H-pyrrole nitrogens is 1. The third-order valence-corrected chi connectivity index (χ3v) is 2.28. The number of hydrogen-bond acceptors (Lipinski definition) is 1. The van der Waals surface area contributed by atoms with Gasteiger partial charge in [0, 0.05) is 18.4 Å². The third kappa shape index (κ3) is 3.94. The summed E-state index contributed by atoms with van der Waals surface area (Å²) in [7, 11) is 0. The Balaban J connectivity index is 2.73. The van der Waals surface area contributed by atoms with Crippen LogP contribution in [0.25, 0.3) is 0 Å². The van der Waals surface area contributed by atoms with Crippen LogP contribution in [-0.2, 0) is 13.0 Å². The quantitative estimate of drug-likeness (QED) is 0.815. The van der Waals surface area contributed by atoms with Crippen molar-refractivity contribution in [3.05, 3.63) is 22.4 Å². The van der Waals surface area contributed by atoms with Gasteiger partial charge in [0.05, 0.1) is 0 Å². The van der Waals surface area contributed by atoms with Crippen LogP contribution in [0.5, 0.6) is 0 Å². The molecule has 0 atom stereocenters. The van der Waals surface area contributed by atoms with Gasteiger partial charge in [0.25, 0.3) is 0 Å². The highest BCUT2D eigenvalue weighted by atomic mass is 16.1. The van der Waals surface area contributed by atoms with Crippen LogP contribution in [0.3, 0.4) is 0 Å². The van der Waals surface area contributed by atoms with Crippen LogP contribution < -0.4 is 5.69 Å². The van der Waals surface area contributed by atoms with Crippen LogP contribution in [0.2, 0.25) is 0 Å². The van der Waals surface area contributed by atoms with Gasteiger partial charge in [-0.05, 0) is 18.3 Å². The number of nitrogens with one attached hydrogen (secondary N) is 1. The number of aryl methyl sites for hydroxylation is 1. The van der Waals surface area contributed by atoms with Crippen LogP contribution in [0.1, 0.15) is 46.2 Å². The van der Waals surface area contributed by atoms with E-state index in [0.29, 0.717) is 0 Å². The van der Waals surface area contributed by atoms with Crippen LogP contribution >= 0.6 is 0 Å². The minimum absolute atomic E-state index is 0.0241. The predicted molar refractivity (Wildman–Crippen MR) is 63.1 cm³/mol. The molecule has 0 unspecified atom stereocenters. The van der Waals surface area contributed by atoms with Crippen molar-refractivity contribution in [2.45, 2.75) is 53.5 Å². The number of unbranched alkanes of at least 4 members (excludes halogenated alkanes) is 1. The smallest absolute Gasteiger partial charge is 0.310 e. The molecule has 1 heterocycles. The zero-order valence-electron chi connectivity index (χ0n) is 10.3. The second-order valence-corrected chi connectivity index (χ2v) is 5.38. The molecule has 0 spiro atoms. The largest absolute Gasteiger partial charge is 0.325 e. The molecule has 0 aliphatic rings. The van der Waals surface area contributed by atoms with Crippen molar-refractivity contribution in [3.8, 4) is 0 Å². The minimum Gasteiger partial charge on any atom is -0.310 e. The van der Waals surface area contributed by atoms with E-state index in [2.05, 4.69) is 32.7 Å². The van der Waals surface area contributed by atoms with Crippen LogP contribution in [0.4, 0.5) is 0 Å². The summed E-state index contributed by atoms with van der Waals surface area (Å²) in [5.74, 6) is 0. The van der Waals surface area contributed by atoms with Crippen molar-refractivity contribution in [3.63, 3.8) is 0 Å². The second-order valence-electron chi connectivity index (χ2n) is 5.38. The Bertz CT molecular complexity index is 354. The molecule has 0 fully saturated rings. The van der Waals surface area contributed by atoms with E-state index < -0.39 is 0 Å². The Morgan fingerprint density at radius 2 is 2.07 bits per heavy atom. The number of aromatic amines is 1. The van der Waals surface area contributed by atoms with Crippen LogP contribution in [0.15, 0.2) is 11.0 Å². The van der Waals surface area contributed by atoms with E-state index >= 15 is 0 Å². The van der Waals surface area contributed by atoms with Gasteiger partial charge in [-0.1, -0.05) is 34.1 Å². The molecule has 1 N–H and O–H groups in total. The van der Waals surface area contributed by atoms with Gasteiger partial charge in [0.1, 0.15) is 0 Å². The molecule has 0 saturated heterocycles. The summed E-state index contributed by atoms with van der Waals surface area (Å²) in [6, 6.07) is 0. The Kier molecular flexibility index (Phi) is 3.77. The Hall–Kier alpha value is -0.990. The van der Waals surface area contributed by atoms with Gasteiger partial charge in [0.15, 0.2) is 0 Å². The first-order valence-electron chi connectivity index (χ1n) is 5.71. The lowest BCUT2D eigenvalue weighted by molar-refractivity contribution is 0.339. The molecule has 0 saturated carbocycles. The zero-order valence-corrected chi connectivity index (χ0v) is 10.3. The molecule has 1 aromatic heterocycles. The van der Waals surface area contributed by atoms with Crippen molar-refractivity contribution >= 4 is 0 Å². The van der Waals surface area contributed by atoms with Gasteiger partial charge in [-0.25, -0.2) is 4.79 Å². The number of aromatic nitrogens is 2. The maximum atomic E-state index is 11.6. The topological polar surface area (TPSA) is 37.8 Å². The van der Waals surface area contributed by atoms with Gasteiger partial charge >= 0.3 is 5.69 Å². The van der Waals surface area contributed by atoms with Crippen LogP contribution in [-0.4, -0.2) is 9.55 Å². The molecule has 0 bridgehead atoms. The normalized spacial score (nSPS) is 12.0. The lowest BCUT2D eigenvalue weighted by Crippen LogP contribution is -2.24. The maximum absolute atomic E-state index is 11.6. The van der Waals surface area contributed by atoms with E-state index in [1.807, 2.05) is 6.20 Å². The molecule has 0 aromatic carbocycles. The number of rotatable bonds is 4. The van der Waals surface area contributed by atoms with Crippen molar-refractivity contribution in [2.75, 3.05) is 0 Å². The molecule has 3 nitrogen and oxygen atoms in total. The van der Waals surface area contributed by atoms with E-state index in [1.165, 1.54) is 0 Å². The average Bonchev–Trinajstić information content (AvgIpc) is 2.41. The molecule has 86 valence electrons. The highest BCUT2D eigenvalue weighted by Crippen LogP contribution is 2.15. The molecular formula is C12H22N2O. The summed E-state index contributed by atoms with van der Waals surface area (Å²) >= 11 is 0. The first-order valence-corrected chi connectivity index (χ1v) is 5.71. The Morgan fingerprint density at radius 1 is 1.40 bits per heavy atom. The lowest BCUT2D eigenvalue weighted by atomic mass is 9.97. The standard InChI is InChI=1S/C12H22N2O/c1-5-6-7-10-8-14(11(15)13-10)9-12(2,3)4/h8H,5-7,9H2,1-4H3,(H,13,15). The SMILES string of the molecule is CCCCc1cn(CC(C)(C)C)c(=O)[nH]1. The lowest BCUT2D eigenvalue weighted by Gasteiger charge is -2.17. The number of imidazole rings is 1. The summed E-state index contributed by atoms with van der Waals surface area (Å²) in [6.45, 7) is 9.34. The van der Waals surface area contributed by atoms with E-state index in [4.69, 9.17) is 0 Å². The molecule has 0 amide bonds. The molecule has 0 radical (unpaired) electrons. The monoisotopic (exact) mass is 210 g/mol. The van der Waals surface area contributed by atoms with Gasteiger partial charge < -0.3 is 4.98 Å². The van der Waals surface area contributed by atoms with E-state index in [0.717, 1.165) is 31.5 Å². The zero-order chi connectivity index (χ0) is 11.5. The fourth-order valence-electron chi connectivity index (χ4n) is 1.61. The predicted octanol–water partition coefficient (Wildman–Crippen LogP) is 2.57. The average molecular weight is 210 g/mol. The van der Waals surface area contributed by atoms with Gasteiger partial charge in [-0.2, -0.15) is 0 Å². The summed E-state index contributed by atoms with van der Waals surface area (Å²) in [5.41, 5.74) is 1.23. The third-order valence-electron chi connectivity index (χ3n) is 2.28. The fourth-order valence-corrected chi connectivity index (χ4v) is 1.61. The van der Waals surface area contributed by atoms with Gasteiger partial charge in [-0.15, -0.1) is 0 Å². The summed E-state index contributed by atoms with van der Waals surface area (Å²) in [5, 5.41) is 0. The summed E-state index contributed by atoms with van der Waals surface area (Å²) in [6.07, 6.45) is 5.23. The molecule has 1 aromatic rings. The highest BCUT2D eigenvalue weighted by Gasteiger charge is 2.13. The molecule has 15 heavy (non-hydrogen) atoms. The molecule has 0 aliphatic heterocycles. The van der Waals surface area contributed by atoms with Crippen molar-refractivity contribution in [2.24, 2.45) is 5.41 Å². The Morgan fingerprint density at radius 3 is 2.60 bits per heavy atom. The minimum atomic E-state index is 0.0241. The molecule has 3 heteroatoms. The molecule has 1 rings (SSSR count). The number of nitrogens with zero attached hydrogens (tertiary/aromatic N) is 1. The second kappa shape index (κ2) is 4.69. The summed E-state index contributed by atoms with van der Waals surface area (Å²) in [4.78, 5) is 14.5. The van der Waals surface area contributed by atoms with Crippen molar-refractivity contribution in [1.29, 1.82) is 0 Å². The van der Waals surface area contributed by atoms with E-state index in [9.17, 15) is 4.79 Å². The summed E-state index contributed by atoms with van der Waals surface area (Å²) < 4.78 is 1.78. The van der Waals surface area contributed by atoms with E-state index in [-0.39, 0.29) is 11.1 Å². The number of hydrogen-bond donors (Lipinski definition) is 1. The first-order chi connectivity index (χ1) is 6.92. The highest BCUT2D eigenvalue weighted by molar-refractivity contribution is 4.97. The fraction of sp³-hybridized carbons (Fsp3) is 0.750.